The molecule has 1 aliphatic rings. The molecule has 0 bridgehead atoms. The summed E-state index contributed by atoms with van der Waals surface area (Å²) in [7, 11) is 0. The molecular weight excluding hydrogens is 500 g/mol. The van der Waals surface area contributed by atoms with Gasteiger partial charge in [0, 0.05) is 32.0 Å². The molecule has 2 rings (SSSR count). The van der Waals surface area contributed by atoms with Gasteiger partial charge in [-0.1, -0.05) is 43.7 Å². The summed E-state index contributed by atoms with van der Waals surface area (Å²) in [5, 5.41) is 11.1. The molecule has 0 aromatic heterocycles. The van der Waals surface area contributed by atoms with E-state index in [9.17, 15) is 24.5 Å². The molecule has 0 aliphatic heterocycles. The number of carbonyl (C=O) groups is 3. The number of hydrogen-bond acceptors (Lipinski definition) is 7. The van der Waals surface area contributed by atoms with Crippen LogP contribution in [0.1, 0.15) is 101 Å². The Hall–Kier alpha value is -2.68. The van der Waals surface area contributed by atoms with Gasteiger partial charge in [-0.3, -0.25) is 24.5 Å². The summed E-state index contributed by atoms with van der Waals surface area (Å²) < 4.78 is 10.7. The average Bonchev–Trinajstić information content (AvgIpc) is 2.86. The SMILES string of the molecule is CC(=O)OCCCCN(C(=O)CCCCCCOc1ccc([N+](=O)[O-])c(C(C)=O)c1Cl)C1CCCCC1. The summed E-state index contributed by atoms with van der Waals surface area (Å²) >= 11 is 6.20. The molecule has 1 saturated carbocycles. The smallest absolute Gasteiger partial charge is 0.302 e. The zero-order valence-corrected chi connectivity index (χ0v) is 22.7. The fourth-order valence-electron chi connectivity index (χ4n) is 4.71. The number of nitro groups is 1. The van der Waals surface area contributed by atoms with Crippen LogP contribution >= 0.6 is 11.6 Å². The Bertz CT molecular complexity index is 932. The van der Waals surface area contributed by atoms with Crippen LogP contribution in [0.2, 0.25) is 5.02 Å². The highest BCUT2D eigenvalue weighted by atomic mass is 35.5. The first-order valence-corrected chi connectivity index (χ1v) is 13.6. The Kier molecular flexibility index (Phi) is 13.4. The van der Waals surface area contributed by atoms with E-state index in [4.69, 9.17) is 21.1 Å². The molecule has 37 heavy (non-hydrogen) atoms. The maximum Gasteiger partial charge on any atom is 0.302 e. The Balaban J connectivity index is 1.74. The third-order valence-electron chi connectivity index (χ3n) is 6.61. The minimum absolute atomic E-state index is 0.0389. The van der Waals surface area contributed by atoms with Gasteiger partial charge in [0.25, 0.3) is 5.69 Å². The van der Waals surface area contributed by atoms with Crippen LogP contribution in [0.25, 0.3) is 0 Å². The van der Waals surface area contributed by atoms with Crippen molar-refractivity contribution in [2.75, 3.05) is 19.8 Å². The molecule has 1 fully saturated rings. The van der Waals surface area contributed by atoms with Crippen molar-refractivity contribution in [1.29, 1.82) is 0 Å². The van der Waals surface area contributed by atoms with Gasteiger partial charge in [0.2, 0.25) is 5.91 Å². The van der Waals surface area contributed by atoms with Crippen molar-refractivity contribution in [3.05, 3.63) is 32.8 Å². The van der Waals surface area contributed by atoms with Gasteiger partial charge < -0.3 is 14.4 Å². The van der Waals surface area contributed by atoms with Crippen LogP contribution in [0.4, 0.5) is 5.69 Å². The largest absolute Gasteiger partial charge is 0.492 e. The van der Waals surface area contributed by atoms with Gasteiger partial charge in [-0.05, 0) is 51.5 Å². The maximum atomic E-state index is 13.0. The van der Waals surface area contributed by atoms with Crippen molar-refractivity contribution in [3.63, 3.8) is 0 Å². The van der Waals surface area contributed by atoms with Crippen molar-refractivity contribution in [1.82, 2.24) is 4.90 Å². The molecule has 0 atom stereocenters. The number of esters is 1. The molecule has 0 N–H and O–H groups in total. The highest BCUT2D eigenvalue weighted by Gasteiger charge is 2.25. The average molecular weight is 539 g/mol. The maximum absolute atomic E-state index is 13.0. The lowest BCUT2D eigenvalue weighted by Gasteiger charge is -2.34. The predicted octanol–water partition coefficient (Wildman–Crippen LogP) is 6.28. The third kappa shape index (κ3) is 10.3. The number of nitro benzene ring substituents is 1. The lowest BCUT2D eigenvalue weighted by Crippen LogP contribution is -2.42. The fraction of sp³-hybridized carbons (Fsp3) is 0.667. The van der Waals surface area contributed by atoms with Crippen LogP contribution in [-0.4, -0.2) is 53.3 Å². The predicted molar refractivity (Wildman–Crippen MR) is 141 cm³/mol. The van der Waals surface area contributed by atoms with Gasteiger partial charge >= 0.3 is 5.97 Å². The minimum Gasteiger partial charge on any atom is -0.492 e. The highest BCUT2D eigenvalue weighted by Crippen LogP contribution is 2.35. The lowest BCUT2D eigenvalue weighted by molar-refractivity contribution is -0.385. The standard InChI is InChI=1S/C27H39ClN2O7/c1-20(31)26-23(30(34)35)15-16-24(27(26)28)37-19-10-4-3-8-14-25(33)29(22-12-6-5-7-13-22)17-9-11-18-36-21(2)32/h15-16,22H,3-14,17-19H2,1-2H3. The van der Waals surface area contributed by atoms with Crippen LogP contribution in [0.15, 0.2) is 12.1 Å². The molecule has 10 heteroatoms. The number of rotatable bonds is 16. The first kappa shape index (κ1) is 30.5. The van der Waals surface area contributed by atoms with E-state index in [-0.39, 0.29) is 33.9 Å². The van der Waals surface area contributed by atoms with E-state index < -0.39 is 10.7 Å². The summed E-state index contributed by atoms with van der Waals surface area (Å²) in [4.78, 5) is 48.3. The minimum atomic E-state index is -0.633. The molecule has 1 aliphatic carbocycles. The van der Waals surface area contributed by atoms with Crippen molar-refractivity contribution in [2.24, 2.45) is 0 Å². The topological polar surface area (TPSA) is 116 Å². The number of Topliss-reactive ketones (excluding diaryl/α,β-unsaturated/α-hetero) is 1. The summed E-state index contributed by atoms with van der Waals surface area (Å²) in [5.41, 5.74) is -0.474. The van der Waals surface area contributed by atoms with Crippen LogP contribution in [0, 0.1) is 10.1 Å². The number of nitrogens with zero attached hydrogens (tertiary/aromatic N) is 2. The zero-order chi connectivity index (χ0) is 27.2. The van der Waals surface area contributed by atoms with E-state index in [1.54, 1.807) is 0 Å². The number of carbonyl (C=O) groups excluding carboxylic acids is 3. The van der Waals surface area contributed by atoms with Crippen molar-refractivity contribution >= 4 is 34.9 Å². The molecule has 9 nitrogen and oxygen atoms in total. The molecular formula is C27H39ClN2O7. The number of unbranched alkanes of at least 4 members (excludes halogenated alkanes) is 4. The Labute approximate surface area is 224 Å². The van der Waals surface area contributed by atoms with Gasteiger partial charge in [-0.15, -0.1) is 0 Å². The molecule has 0 unspecified atom stereocenters. The third-order valence-corrected chi connectivity index (χ3v) is 6.99. The molecule has 1 amide bonds. The van der Waals surface area contributed by atoms with E-state index >= 15 is 0 Å². The monoisotopic (exact) mass is 538 g/mol. The second-order valence-electron chi connectivity index (χ2n) is 9.52. The fourth-order valence-corrected chi connectivity index (χ4v) is 5.05. The first-order valence-electron chi connectivity index (χ1n) is 13.3. The lowest BCUT2D eigenvalue weighted by atomic mass is 9.93. The van der Waals surface area contributed by atoms with E-state index in [2.05, 4.69) is 4.90 Å². The van der Waals surface area contributed by atoms with Gasteiger partial charge in [0.05, 0.1) is 18.1 Å². The van der Waals surface area contributed by atoms with Gasteiger partial charge in [-0.25, -0.2) is 0 Å². The van der Waals surface area contributed by atoms with Crippen LogP contribution in [0.3, 0.4) is 0 Å². The summed E-state index contributed by atoms with van der Waals surface area (Å²) in [6.07, 6.45) is 11.0. The summed E-state index contributed by atoms with van der Waals surface area (Å²) in [6.45, 7) is 4.10. The number of ketones is 1. The number of amides is 1. The molecule has 0 heterocycles. The first-order chi connectivity index (χ1) is 17.7. The number of halogens is 1. The van der Waals surface area contributed by atoms with E-state index in [0.29, 0.717) is 32.2 Å². The molecule has 0 saturated heterocycles. The van der Waals surface area contributed by atoms with E-state index in [1.807, 2.05) is 0 Å². The quantitative estimate of drug-likeness (QED) is 0.0798. The van der Waals surface area contributed by atoms with E-state index in [0.717, 1.165) is 64.2 Å². The van der Waals surface area contributed by atoms with Crippen LogP contribution in [0.5, 0.6) is 5.75 Å². The molecule has 1 aromatic carbocycles. The number of hydrogen-bond donors (Lipinski definition) is 0. The molecule has 1 aromatic rings. The van der Waals surface area contributed by atoms with Gasteiger partial charge in [0.15, 0.2) is 5.78 Å². The molecule has 0 radical (unpaired) electrons. The highest BCUT2D eigenvalue weighted by molar-refractivity contribution is 6.36. The second-order valence-corrected chi connectivity index (χ2v) is 9.90. The van der Waals surface area contributed by atoms with Gasteiger partial charge in [-0.2, -0.15) is 0 Å². The normalized spacial score (nSPS) is 13.7. The number of ether oxygens (including phenoxy) is 2. The molecule has 0 spiro atoms. The Morgan fingerprint density at radius 2 is 1.68 bits per heavy atom. The van der Waals surface area contributed by atoms with Crippen LogP contribution < -0.4 is 4.74 Å². The van der Waals surface area contributed by atoms with Gasteiger partial charge in [0.1, 0.15) is 16.3 Å². The summed E-state index contributed by atoms with van der Waals surface area (Å²) in [6, 6.07) is 2.96. The zero-order valence-electron chi connectivity index (χ0n) is 22.0. The van der Waals surface area contributed by atoms with Crippen LogP contribution in [-0.2, 0) is 14.3 Å². The molecule has 206 valence electrons. The summed E-state index contributed by atoms with van der Waals surface area (Å²) in [5.74, 6) is -0.310. The van der Waals surface area contributed by atoms with Crippen molar-refractivity contribution in [3.8, 4) is 5.75 Å². The number of benzene rings is 1. The second kappa shape index (κ2) is 16.2. The van der Waals surface area contributed by atoms with Crippen molar-refractivity contribution < 1.29 is 28.8 Å². The Morgan fingerprint density at radius 3 is 2.32 bits per heavy atom. The Morgan fingerprint density at radius 1 is 1.00 bits per heavy atom. The van der Waals surface area contributed by atoms with E-state index in [1.165, 1.54) is 32.4 Å². The van der Waals surface area contributed by atoms with Crippen molar-refractivity contribution in [2.45, 2.75) is 96.9 Å².